The van der Waals surface area contributed by atoms with E-state index in [0.29, 0.717) is 18.5 Å². The summed E-state index contributed by atoms with van der Waals surface area (Å²) in [6, 6.07) is 9.35. The molecule has 0 spiro atoms. The van der Waals surface area contributed by atoms with Crippen LogP contribution in [0.1, 0.15) is 12.8 Å². The van der Waals surface area contributed by atoms with Crippen LogP contribution in [0, 0.1) is 0 Å². The molecule has 0 saturated carbocycles. The summed E-state index contributed by atoms with van der Waals surface area (Å²) in [5.74, 6) is -0.108. The largest absolute Gasteiger partial charge is 0.441 e. The molecule has 0 bridgehead atoms. The van der Waals surface area contributed by atoms with Gasteiger partial charge in [0.1, 0.15) is 0 Å². The number of nitrogens with zero attached hydrogens (tertiary/aromatic N) is 3. The van der Waals surface area contributed by atoms with Crippen LogP contribution >= 0.6 is 0 Å². The summed E-state index contributed by atoms with van der Waals surface area (Å²) in [7, 11) is 1.73. The number of aromatic nitrogens is 2. The van der Waals surface area contributed by atoms with Crippen LogP contribution < -0.4 is 5.76 Å². The normalized spacial score (nSPS) is 17.9. The van der Waals surface area contributed by atoms with Gasteiger partial charge in [-0.05, 0) is 12.8 Å². The van der Waals surface area contributed by atoms with Crippen molar-refractivity contribution in [3.63, 3.8) is 0 Å². The lowest BCUT2D eigenvalue weighted by atomic mass is 10.1. The lowest BCUT2D eigenvalue weighted by molar-refractivity contribution is 0.0215. The molecule has 24 heavy (non-hydrogen) atoms. The van der Waals surface area contributed by atoms with Crippen LogP contribution in [-0.4, -0.2) is 58.7 Å². The lowest BCUT2D eigenvalue weighted by Crippen LogP contribution is -2.42. The fourth-order valence-electron chi connectivity index (χ4n) is 3.12. The Morgan fingerprint density at radius 2 is 2.00 bits per heavy atom. The van der Waals surface area contributed by atoms with Gasteiger partial charge in [-0.3, -0.25) is 9.09 Å². The highest BCUT2D eigenvalue weighted by Crippen LogP contribution is 2.16. The third kappa shape index (κ3) is 3.92. The van der Waals surface area contributed by atoms with Gasteiger partial charge in [0.15, 0.2) is 5.82 Å². The highest BCUT2D eigenvalue weighted by molar-refractivity contribution is 5.54. The highest BCUT2D eigenvalue weighted by atomic mass is 16.5. The molecule has 1 fully saturated rings. The van der Waals surface area contributed by atoms with Gasteiger partial charge < -0.3 is 14.7 Å². The smallest absolute Gasteiger partial charge is 0.390 e. The number of hydrogen-bond acceptors (Lipinski definition) is 6. The zero-order valence-corrected chi connectivity index (χ0v) is 13.8. The molecule has 2 aromatic rings. The standard InChI is InChI=1S/C17H23N3O4/c1-23-15-7-9-19(10-8-15)11-14(21)12-20-16(18-24-17(20)22)13-5-3-2-4-6-13/h2-6,14-15,21H,7-12H2,1H3. The molecule has 1 unspecified atom stereocenters. The number of likely N-dealkylation sites (tertiary alicyclic amines) is 1. The van der Waals surface area contributed by atoms with Gasteiger partial charge in [-0.15, -0.1) is 0 Å². The average molecular weight is 333 g/mol. The molecule has 1 aromatic heterocycles. The zero-order chi connectivity index (χ0) is 16.9. The Morgan fingerprint density at radius 3 is 2.67 bits per heavy atom. The predicted molar refractivity (Wildman–Crippen MR) is 88.7 cm³/mol. The van der Waals surface area contributed by atoms with Gasteiger partial charge in [-0.1, -0.05) is 35.5 Å². The summed E-state index contributed by atoms with van der Waals surface area (Å²) in [6.45, 7) is 2.46. The van der Waals surface area contributed by atoms with Gasteiger partial charge in [0, 0.05) is 32.3 Å². The third-order valence-corrected chi connectivity index (χ3v) is 4.45. The van der Waals surface area contributed by atoms with Crippen molar-refractivity contribution in [2.75, 3.05) is 26.7 Å². The van der Waals surface area contributed by atoms with E-state index in [4.69, 9.17) is 9.26 Å². The van der Waals surface area contributed by atoms with Gasteiger partial charge in [-0.25, -0.2) is 4.79 Å². The molecule has 2 heterocycles. The second kappa shape index (κ2) is 7.74. The number of methoxy groups -OCH3 is 1. The Balaban J connectivity index is 1.64. The molecule has 1 N–H and O–H groups in total. The molecule has 0 aliphatic carbocycles. The topological polar surface area (TPSA) is 80.7 Å². The average Bonchev–Trinajstić information content (AvgIpc) is 2.97. The second-order valence-corrected chi connectivity index (χ2v) is 6.14. The fraction of sp³-hybridized carbons (Fsp3) is 0.529. The third-order valence-electron chi connectivity index (χ3n) is 4.45. The van der Waals surface area contributed by atoms with E-state index in [1.165, 1.54) is 4.57 Å². The molecule has 0 radical (unpaired) electrons. The molecule has 1 aromatic carbocycles. The van der Waals surface area contributed by atoms with E-state index < -0.39 is 11.9 Å². The maximum atomic E-state index is 11.9. The lowest BCUT2D eigenvalue weighted by Gasteiger charge is -2.32. The molecule has 7 nitrogen and oxygen atoms in total. The number of piperidine rings is 1. The van der Waals surface area contributed by atoms with E-state index in [0.717, 1.165) is 31.5 Å². The minimum absolute atomic E-state index is 0.163. The van der Waals surface area contributed by atoms with Crippen molar-refractivity contribution in [2.24, 2.45) is 0 Å². The highest BCUT2D eigenvalue weighted by Gasteiger charge is 2.22. The predicted octanol–water partition coefficient (Wildman–Crippen LogP) is 0.975. The summed E-state index contributed by atoms with van der Waals surface area (Å²) in [4.78, 5) is 14.1. The van der Waals surface area contributed by atoms with Gasteiger partial charge in [0.25, 0.3) is 0 Å². The maximum absolute atomic E-state index is 11.9. The molecule has 1 aliphatic heterocycles. The van der Waals surface area contributed by atoms with E-state index in [1.807, 2.05) is 30.3 Å². The number of β-amino-alcohol motifs (C(OH)–C–C–N with tert-alkyl or cyclic N) is 1. The van der Waals surface area contributed by atoms with Crippen molar-refractivity contribution in [1.29, 1.82) is 0 Å². The van der Waals surface area contributed by atoms with Crippen LogP contribution in [0.2, 0.25) is 0 Å². The van der Waals surface area contributed by atoms with Crippen molar-refractivity contribution < 1.29 is 14.4 Å². The SMILES string of the molecule is COC1CCN(CC(O)Cn2c(-c3ccccc3)noc2=O)CC1. The summed E-state index contributed by atoms with van der Waals surface area (Å²) < 4.78 is 11.5. The molecular weight excluding hydrogens is 310 g/mol. The van der Waals surface area contributed by atoms with Crippen molar-refractivity contribution in [3.05, 3.63) is 40.9 Å². The first kappa shape index (κ1) is 16.9. The minimum atomic E-state index is -0.663. The molecule has 3 rings (SSSR count). The van der Waals surface area contributed by atoms with Crippen LogP contribution in [-0.2, 0) is 11.3 Å². The zero-order valence-electron chi connectivity index (χ0n) is 13.8. The van der Waals surface area contributed by atoms with Crippen LogP contribution in [0.3, 0.4) is 0 Å². The number of benzene rings is 1. The number of ether oxygens (including phenoxy) is 1. The van der Waals surface area contributed by atoms with Crippen LogP contribution in [0.15, 0.2) is 39.6 Å². The van der Waals surface area contributed by atoms with E-state index in [-0.39, 0.29) is 6.54 Å². The van der Waals surface area contributed by atoms with Crippen LogP contribution in [0.4, 0.5) is 0 Å². The molecule has 1 saturated heterocycles. The molecule has 7 heteroatoms. The van der Waals surface area contributed by atoms with E-state index >= 15 is 0 Å². The number of aliphatic hydroxyl groups excluding tert-OH is 1. The first-order valence-corrected chi connectivity index (χ1v) is 8.22. The molecule has 0 amide bonds. The van der Waals surface area contributed by atoms with Gasteiger partial charge >= 0.3 is 5.76 Å². The summed E-state index contributed by atoms with van der Waals surface area (Å²) in [5.41, 5.74) is 0.788. The van der Waals surface area contributed by atoms with Crippen molar-refractivity contribution in [3.8, 4) is 11.4 Å². The van der Waals surface area contributed by atoms with E-state index in [9.17, 15) is 9.90 Å². The van der Waals surface area contributed by atoms with E-state index in [1.54, 1.807) is 7.11 Å². The first-order valence-electron chi connectivity index (χ1n) is 8.22. The number of hydrogen-bond donors (Lipinski definition) is 1. The quantitative estimate of drug-likeness (QED) is 0.849. The monoisotopic (exact) mass is 333 g/mol. The molecular formula is C17H23N3O4. The van der Waals surface area contributed by atoms with Crippen molar-refractivity contribution in [1.82, 2.24) is 14.6 Å². The van der Waals surface area contributed by atoms with Gasteiger partial charge in [-0.2, -0.15) is 0 Å². The van der Waals surface area contributed by atoms with Gasteiger partial charge in [0.05, 0.1) is 18.8 Å². The molecule has 1 atom stereocenters. The van der Waals surface area contributed by atoms with Crippen LogP contribution in [0.25, 0.3) is 11.4 Å². The van der Waals surface area contributed by atoms with Crippen molar-refractivity contribution >= 4 is 0 Å². The Bertz CT molecular complexity index is 689. The number of aliphatic hydroxyl groups is 1. The fourth-order valence-corrected chi connectivity index (χ4v) is 3.12. The maximum Gasteiger partial charge on any atom is 0.441 e. The minimum Gasteiger partial charge on any atom is -0.390 e. The Labute approximate surface area is 140 Å². The Hall–Kier alpha value is -1.96. The summed E-state index contributed by atoms with van der Waals surface area (Å²) >= 11 is 0. The van der Waals surface area contributed by atoms with Crippen molar-refractivity contribution in [2.45, 2.75) is 31.6 Å². The number of rotatable bonds is 6. The summed E-state index contributed by atoms with van der Waals surface area (Å²) in [6.07, 6.45) is 1.57. The van der Waals surface area contributed by atoms with Gasteiger partial charge in [0.2, 0.25) is 0 Å². The molecule has 130 valence electrons. The van der Waals surface area contributed by atoms with Crippen LogP contribution in [0.5, 0.6) is 0 Å². The second-order valence-electron chi connectivity index (χ2n) is 6.14. The Morgan fingerprint density at radius 1 is 1.29 bits per heavy atom. The summed E-state index contributed by atoms with van der Waals surface area (Å²) in [5, 5.41) is 14.2. The first-order chi connectivity index (χ1) is 11.7. The van der Waals surface area contributed by atoms with E-state index in [2.05, 4.69) is 10.1 Å². The molecule has 1 aliphatic rings. The Kier molecular flexibility index (Phi) is 5.44.